The van der Waals surface area contributed by atoms with Gasteiger partial charge in [-0.1, -0.05) is 13.8 Å². The number of aromatic nitrogens is 1. The van der Waals surface area contributed by atoms with Crippen molar-refractivity contribution in [3.8, 4) is 0 Å². The van der Waals surface area contributed by atoms with Gasteiger partial charge in [0.15, 0.2) is 0 Å². The molecule has 0 radical (unpaired) electrons. The zero-order chi connectivity index (χ0) is 14.7. The summed E-state index contributed by atoms with van der Waals surface area (Å²) < 4.78 is 6.96. The van der Waals surface area contributed by atoms with Crippen LogP contribution in [-0.2, 0) is 16.1 Å². The van der Waals surface area contributed by atoms with E-state index < -0.39 is 5.97 Å². The molecular formula is C14H20N2O4. The van der Waals surface area contributed by atoms with Crippen molar-refractivity contribution < 1.29 is 19.4 Å². The predicted octanol–water partition coefficient (Wildman–Crippen LogP) is 1.17. The van der Waals surface area contributed by atoms with Gasteiger partial charge in [0.2, 0.25) is 5.91 Å². The highest BCUT2D eigenvalue weighted by atomic mass is 16.5. The Balaban J connectivity index is 2.16. The Morgan fingerprint density at radius 3 is 2.55 bits per heavy atom. The maximum absolute atomic E-state index is 12.2. The van der Waals surface area contributed by atoms with E-state index in [0.717, 1.165) is 0 Å². The summed E-state index contributed by atoms with van der Waals surface area (Å²) in [5.41, 5.74) is 0.967. The summed E-state index contributed by atoms with van der Waals surface area (Å²) in [6.45, 7) is 6.37. The minimum Gasteiger partial charge on any atom is -0.478 e. The average molecular weight is 280 g/mol. The number of morpholine rings is 1. The number of carboxylic acids is 1. The van der Waals surface area contributed by atoms with Gasteiger partial charge < -0.3 is 19.3 Å². The van der Waals surface area contributed by atoms with Crippen molar-refractivity contribution in [2.75, 3.05) is 26.3 Å². The van der Waals surface area contributed by atoms with Crippen molar-refractivity contribution in [1.29, 1.82) is 0 Å². The highest BCUT2D eigenvalue weighted by Gasteiger charge is 2.22. The molecule has 1 aliphatic rings. The number of hydrogen-bond acceptors (Lipinski definition) is 3. The second-order valence-corrected chi connectivity index (χ2v) is 5.20. The first kappa shape index (κ1) is 14.6. The summed E-state index contributed by atoms with van der Waals surface area (Å²) in [5.74, 6) is -0.900. The predicted molar refractivity (Wildman–Crippen MR) is 72.9 cm³/mol. The van der Waals surface area contributed by atoms with Crippen LogP contribution in [0, 0.1) is 0 Å². The second-order valence-electron chi connectivity index (χ2n) is 5.20. The minimum atomic E-state index is -0.953. The van der Waals surface area contributed by atoms with Crippen LogP contribution in [0.3, 0.4) is 0 Å². The molecule has 0 spiro atoms. The van der Waals surface area contributed by atoms with Crippen LogP contribution in [0.15, 0.2) is 12.3 Å². The molecule has 0 atom stereocenters. The summed E-state index contributed by atoms with van der Waals surface area (Å²) in [7, 11) is 0. The fourth-order valence-electron chi connectivity index (χ4n) is 2.50. The van der Waals surface area contributed by atoms with Crippen molar-refractivity contribution in [2.24, 2.45) is 0 Å². The molecule has 110 valence electrons. The molecule has 20 heavy (non-hydrogen) atoms. The number of aromatic carboxylic acids is 1. The number of carboxylic acid groups (broad SMARTS) is 1. The average Bonchev–Trinajstić information content (AvgIpc) is 2.83. The summed E-state index contributed by atoms with van der Waals surface area (Å²) >= 11 is 0. The number of ether oxygens (including phenoxy) is 1. The van der Waals surface area contributed by atoms with Gasteiger partial charge in [0.05, 0.1) is 18.8 Å². The van der Waals surface area contributed by atoms with Gasteiger partial charge in [-0.15, -0.1) is 0 Å². The smallest absolute Gasteiger partial charge is 0.337 e. The van der Waals surface area contributed by atoms with Crippen LogP contribution in [0.1, 0.15) is 35.8 Å². The fraction of sp³-hybridized carbons (Fsp3) is 0.571. The van der Waals surface area contributed by atoms with Crippen molar-refractivity contribution in [2.45, 2.75) is 26.3 Å². The highest BCUT2D eigenvalue weighted by Crippen LogP contribution is 2.21. The topological polar surface area (TPSA) is 71.8 Å². The highest BCUT2D eigenvalue weighted by molar-refractivity contribution is 5.89. The van der Waals surface area contributed by atoms with E-state index in [-0.39, 0.29) is 23.9 Å². The number of hydrogen-bond donors (Lipinski definition) is 1. The Kier molecular flexibility index (Phi) is 4.44. The standard InChI is InChI=1S/C14H20N2O4/c1-10(2)13-11(14(18)19)3-4-16(13)9-12(17)15-5-7-20-8-6-15/h3-4,10H,5-9H2,1-2H3,(H,18,19). The molecule has 0 unspecified atom stereocenters. The second kappa shape index (κ2) is 6.09. The first-order valence-corrected chi connectivity index (χ1v) is 6.78. The van der Waals surface area contributed by atoms with Crippen molar-refractivity contribution in [1.82, 2.24) is 9.47 Å². The molecule has 0 bridgehead atoms. The SMILES string of the molecule is CC(C)c1c(C(=O)O)ccn1CC(=O)N1CCOCC1. The maximum atomic E-state index is 12.2. The van der Waals surface area contributed by atoms with Crippen molar-refractivity contribution >= 4 is 11.9 Å². The number of rotatable bonds is 4. The molecule has 0 aliphatic carbocycles. The third kappa shape index (κ3) is 3.01. The van der Waals surface area contributed by atoms with E-state index in [1.54, 1.807) is 21.7 Å². The summed E-state index contributed by atoms with van der Waals surface area (Å²) in [5, 5.41) is 9.19. The van der Waals surface area contributed by atoms with Gasteiger partial charge in [0, 0.05) is 25.0 Å². The van der Waals surface area contributed by atoms with Gasteiger partial charge in [0.25, 0.3) is 0 Å². The van der Waals surface area contributed by atoms with Gasteiger partial charge in [-0.2, -0.15) is 0 Å². The molecule has 2 rings (SSSR count). The van der Waals surface area contributed by atoms with Gasteiger partial charge in [0.1, 0.15) is 6.54 Å². The normalized spacial score (nSPS) is 15.7. The molecule has 1 N–H and O–H groups in total. The van der Waals surface area contributed by atoms with Gasteiger partial charge in [-0.05, 0) is 12.0 Å². The number of carbonyl (C=O) groups excluding carboxylic acids is 1. The fourth-order valence-corrected chi connectivity index (χ4v) is 2.50. The lowest BCUT2D eigenvalue weighted by molar-refractivity contribution is -0.135. The zero-order valence-electron chi connectivity index (χ0n) is 11.8. The molecule has 1 saturated heterocycles. The molecule has 6 heteroatoms. The van der Waals surface area contributed by atoms with E-state index in [1.807, 2.05) is 13.8 Å². The number of carbonyl (C=O) groups is 2. The van der Waals surface area contributed by atoms with Crippen LogP contribution in [0.4, 0.5) is 0 Å². The van der Waals surface area contributed by atoms with Crippen LogP contribution < -0.4 is 0 Å². The van der Waals surface area contributed by atoms with E-state index >= 15 is 0 Å². The molecule has 1 aliphatic heterocycles. The maximum Gasteiger partial charge on any atom is 0.337 e. The molecule has 1 aromatic rings. The van der Waals surface area contributed by atoms with E-state index in [4.69, 9.17) is 4.74 Å². The molecule has 6 nitrogen and oxygen atoms in total. The molecule has 1 amide bonds. The van der Waals surface area contributed by atoms with Crippen LogP contribution in [-0.4, -0.2) is 52.8 Å². The van der Waals surface area contributed by atoms with Gasteiger partial charge >= 0.3 is 5.97 Å². The summed E-state index contributed by atoms with van der Waals surface area (Å²) in [4.78, 5) is 25.2. The molecule has 0 saturated carbocycles. The largest absolute Gasteiger partial charge is 0.478 e. The quantitative estimate of drug-likeness (QED) is 0.898. The van der Waals surface area contributed by atoms with Crippen LogP contribution >= 0.6 is 0 Å². The van der Waals surface area contributed by atoms with E-state index in [0.29, 0.717) is 32.0 Å². The number of nitrogens with zero attached hydrogens (tertiary/aromatic N) is 2. The van der Waals surface area contributed by atoms with Crippen LogP contribution in [0.5, 0.6) is 0 Å². The Morgan fingerprint density at radius 1 is 1.35 bits per heavy atom. The summed E-state index contributed by atoms with van der Waals surface area (Å²) in [6, 6.07) is 1.56. The third-order valence-electron chi connectivity index (χ3n) is 3.45. The van der Waals surface area contributed by atoms with E-state index in [9.17, 15) is 14.7 Å². The molecule has 2 heterocycles. The Morgan fingerprint density at radius 2 is 2.00 bits per heavy atom. The van der Waals surface area contributed by atoms with Crippen LogP contribution in [0.25, 0.3) is 0 Å². The Bertz CT molecular complexity index is 501. The van der Waals surface area contributed by atoms with Gasteiger partial charge in [-0.25, -0.2) is 4.79 Å². The summed E-state index contributed by atoms with van der Waals surface area (Å²) in [6.07, 6.45) is 1.68. The first-order valence-electron chi connectivity index (χ1n) is 6.78. The third-order valence-corrected chi connectivity index (χ3v) is 3.45. The van der Waals surface area contributed by atoms with Gasteiger partial charge in [-0.3, -0.25) is 4.79 Å². The van der Waals surface area contributed by atoms with Crippen molar-refractivity contribution in [3.05, 3.63) is 23.5 Å². The monoisotopic (exact) mass is 280 g/mol. The minimum absolute atomic E-state index is 0.00254. The first-order chi connectivity index (χ1) is 9.50. The van der Waals surface area contributed by atoms with E-state index in [1.165, 1.54) is 0 Å². The lowest BCUT2D eigenvalue weighted by Crippen LogP contribution is -2.42. The lowest BCUT2D eigenvalue weighted by atomic mass is 10.1. The Hall–Kier alpha value is -1.82. The number of amides is 1. The molecular weight excluding hydrogens is 260 g/mol. The molecule has 1 fully saturated rings. The zero-order valence-corrected chi connectivity index (χ0v) is 11.8. The lowest BCUT2D eigenvalue weighted by Gasteiger charge is -2.27. The van der Waals surface area contributed by atoms with Crippen LogP contribution in [0.2, 0.25) is 0 Å². The molecule has 0 aromatic carbocycles. The van der Waals surface area contributed by atoms with E-state index in [2.05, 4.69) is 0 Å². The Labute approximate surface area is 117 Å². The molecule has 1 aromatic heterocycles. The van der Waals surface area contributed by atoms with Crippen molar-refractivity contribution in [3.63, 3.8) is 0 Å².